The molecule has 1 fully saturated rings. The zero-order valence-corrected chi connectivity index (χ0v) is 11.0. The van der Waals surface area contributed by atoms with Crippen LogP contribution in [0.1, 0.15) is 29.0 Å². The Hall–Kier alpha value is -2.51. The van der Waals surface area contributed by atoms with Gasteiger partial charge in [-0.15, -0.1) is 0 Å². The molecule has 104 valence electrons. The van der Waals surface area contributed by atoms with Crippen LogP contribution in [0.3, 0.4) is 0 Å². The van der Waals surface area contributed by atoms with E-state index in [4.69, 9.17) is 0 Å². The first kappa shape index (κ1) is 12.5. The van der Waals surface area contributed by atoms with Crippen molar-refractivity contribution in [3.8, 4) is 0 Å². The summed E-state index contributed by atoms with van der Waals surface area (Å²) in [6.45, 7) is 3.62. The lowest BCUT2D eigenvalue weighted by atomic mass is 10.3. The molecule has 0 atom stereocenters. The number of aryl methyl sites for hydroxylation is 1. The summed E-state index contributed by atoms with van der Waals surface area (Å²) in [7, 11) is 0. The molecule has 8 heteroatoms. The molecule has 1 amide bonds. The molecule has 8 nitrogen and oxygen atoms in total. The Balaban J connectivity index is 1.77. The second kappa shape index (κ2) is 5.24. The quantitative estimate of drug-likeness (QED) is 0.892. The highest BCUT2D eigenvalue weighted by Gasteiger charge is 2.17. The van der Waals surface area contributed by atoms with Crippen LogP contribution in [-0.4, -0.2) is 39.3 Å². The van der Waals surface area contributed by atoms with Gasteiger partial charge in [0.2, 0.25) is 5.82 Å². The average molecular weight is 274 g/mol. The average Bonchev–Trinajstić information content (AvgIpc) is 3.12. The number of hydrogen-bond donors (Lipinski definition) is 1. The zero-order chi connectivity index (χ0) is 13.9. The first-order valence-corrected chi connectivity index (χ1v) is 6.41. The lowest BCUT2D eigenvalue weighted by Gasteiger charge is -2.16. The Morgan fingerprint density at radius 1 is 1.30 bits per heavy atom. The number of anilines is 2. The monoisotopic (exact) mass is 274 g/mol. The fourth-order valence-electron chi connectivity index (χ4n) is 2.11. The van der Waals surface area contributed by atoms with Gasteiger partial charge in [0.05, 0.1) is 0 Å². The predicted molar refractivity (Wildman–Crippen MR) is 70.5 cm³/mol. The molecule has 0 aliphatic carbocycles. The number of rotatable bonds is 3. The first-order valence-electron chi connectivity index (χ1n) is 6.41. The van der Waals surface area contributed by atoms with Gasteiger partial charge in [-0.2, -0.15) is 0 Å². The SMILES string of the molecule is Cc1nonc1NC(=O)c1cc(N2CCCC2)ncn1. The molecular weight excluding hydrogens is 260 g/mol. The van der Waals surface area contributed by atoms with Crippen LogP contribution in [0.5, 0.6) is 0 Å². The standard InChI is InChI=1S/C12H14N6O2/c1-8-11(17-20-16-8)15-12(19)9-6-10(14-7-13-9)18-4-2-3-5-18/h6-7H,2-5H2,1H3,(H,15,17,19). The van der Waals surface area contributed by atoms with Gasteiger partial charge in [-0.3, -0.25) is 4.79 Å². The Morgan fingerprint density at radius 3 is 2.80 bits per heavy atom. The fourth-order valence-corrected chi connectivity index (χ4v) is 2.11. The van der Waals surface area contributed by atoms with Crippen molar-refractivity contribution >= 4 is 17.5 Å². The van der Waals surface area contributed by atoms with Crippen LogP contribution in [-0.2, 0) is 0 Å². The topological polar surface area (TPSA) is 97.0 Å². The van der Waals surface area contributed by atoms with Crippen molar-refractivity contribution in [1.29, 1.82) is 0 Å². The fraction of sp³-hybridized carbons (Fsp3) is 0.417. The molecule has 0 unspecified atom stereocenters. The zero-order valence-electron chi connectivity index (χ0n) is 11.0. The number of hydrogen-bond acceptors (Lipinski definition) is 7. The van der Waals surface area contributed by atoms with Crippen molar-refractivity contribution < 1.29 is 9.42 Å². The second-order valence-corrected chi connectivity index (χ2v) is 4.61. The highest BCUT2D eigenvalue weighted by atomic mass is 16.6. The van der Waals surface area contributed by atoms with E-state index in [2.05, 4.69) is 35.1 Å². The molecule has 1 saturated heterocycles. The van der Waals surface area contributed by atoms with Crippen LogP contribution in [0.4, 0.5) is 11.6 Å². The van der Waals surface area contributed by atoms with E-state index in [9.17, 15) is 4.79 Å². The maximum Gasteiger partial charge on any atom is 0.275 e. The number of carbonyl (C=O) groups excluding carboxylic acids is 1. The van der Waals surface area contributed by atoms with E-state index in [-0.39, 0.29) is 5.91 Å². The smallest absolute Gasteiger partial charge is 0.275 e. The Labute approximate surface area is 115 Å². The van der Waals surface area contributed by atoms with Crippen LogP contribution in [0.25, 0.3) is 0 Å². The molecule has 0 saturated carbocycles. The third-order valence-electron chi connectivity index (χ3n) is 3.20. The van der Waals surface area contributed by atoms with Gasteiger partial charge < -0.3 is 10.2 Å². The Bertz CT molecular complexity index is 620. The van der Waals surface area contributed by atoms with Gasteiger partial charge in [0, 0.05) is 19.2 Å². The van der Waals surface area contributed by atoms with E-state index in [0.717, 1.165) is 31.7 Å². The molecule has 3 rings (SSSR count). The van der Waals surface area contributed by atoms with Gasteiger partial charge >= 0.3 is 0 Å². The van der Waals surface area contributed by atoms with Gasteiger partial charge in [-0.1, -0.05) is 5.16 Å². The van der Waals surface area contributed by atoms with Crippen LogP contribution < -0.4 is 10.2 Å². The van der Waals surface area contributed by atoms with Crippen molar-refractivity contribution in [2.45, 2.75) is 19.8 Å². The molecule has 1 aliphatic heterocycles. The van der Waals surface area contributed by atoms with Crippen LogP contribution in [0, 0.1) is 6.92 Å². The molecule has 2 aromatic rings. The normalized spacial score (nSPS) is 14.6. The minimum absolute atomic E-state index is 0.296. The van der Waals surface area contributed by atoms with E-state index >= 15 is 0 Å². The first-order chi connectivity index (χ1) is 9.74. The van der Waals surface area contributed by atoms with Crippen LogP contribution >= 0.6 is 0 Å². The molecule has 0 bridgehead atoms. The second-order valence-electron chi connectivity index (χ2n) is 4.61. The number of nitrogens with zero attached hydrogens (tertiary/aromatic N) is 5. The summed E-state index contributed by atoms with van der Waals surface area (Å²) in [6, 6.07) is 1.68. The molecule has 0 aromatic carbocycles. The summed E-state index contributed by atoms with van der Waals surface area (Å²) in [5, 5.41) is 9.82. The molecule has 20 heavy (non-hydrogen) atoms. The van der Waals surface area contributed by atoms with E-state index in [0.29, 0.717) is 17.2 Å². The van der Waals surface area contributed by atoms with Crippen LogP contribution in [0.2, 0.25) is 0 Å². The summed E-state index contributed by atoms with van der Waals surface area (Å²) in [5.74, 6) is 0.723. The van der Waals surface area contributed by atoms with Crippen LogP contribution in [0.15, 0.2) is 17.0 Å². The highest BCUT2D eigenvalue weighted by molar-refractivity contribution is 6.02. The maximum absolute atomic E-state index is 12.1. The van der Waals surface area contributed by atoms with Gasteiger partial charge in [0.25, 0.3) is 5.91 Å². The van der Waals surface area contributed by atoms with E-state index in [1.807, 2.05) is 0 Å². The lowest BCUT2D eigenvalue weighted by molar-refractivity contribution is 0.102. The third-order valence-corrected chi connectivity index (χ3v) is 3.20. The largest absolute Gasteiger partial charge is 0.357 e. The summed E-state index contributed by atoms with van der Waals surface area (Å²) >= 11 is 0. The summed E-state index contributed by atoms with van der Waals surface area (Å²) in [6.07, 6.45) is 3.70. The lowest BCUT2D eigenvalue weighted by Crippen LogP contribution is -2.21. The molecule has 0 spiro atoms. The minimum atomic E-state index is -0.355. The van der Waals surface area contributed by atoms with Gasteiger partial charge in [-0.25, -0.2) is 14.6 Å². The number of amides is 1. The third kappa shape index (κ3) is 2.44. The number of carbonyl (C=O) groups is 1. The van der Waals surface area contributed by atoms with E-state index in [1.165, 1.54) is 6.33 Å². The molecule has 3 heterocycles. The van der Waals surface area contributed by atoms with Crippen molar-refractivity contribution in [2.75, 3.05) is 23.3 Å². The molecular formula is C12H14N6O2. The number of nitrogens with one attached hydrogen (secondary N) is 1. The van der Waals surface area contributed by atoms with Crippen molar-refractivity contribution in [3.05, 3.63) is 23.8 Å². The van der Waals surface area contributed by atoms with Crippen molar-refractivity contribution in [3.63, 3.8) is 0 Å². The summed E-state index contributed by atoms with van der Waals surface area (Å²) in [4.78, 5) is 22.4. The van der Waals surface area contributed by atoms with Crippen molar-refractivity contribution in [1.82, 2.24) is 20.3 Å². The van der Waals surface area contributed by atoms with E-state index < -0.39 is 0 Å². The molecule has 2 aromatic heterocycles. The maximum atomic E-state index is 12.1. The number of aromatic nitrogens is 4. The Kier molecular flexibility index (Phi) is 3.28. The minimum Gasteiger partial charge on any atom is -0.357 e. The summed E-state index contributed by atoms with van der Waals surface area (Å²) in [5.41, 5.74) is 0.816. The molecule has 1 aliphatic rings. The van der Waals surface area contributed by atoms with E-state index in [1.54, 1.807) is 13.0 Å². The highest BCUT2D eigenvalue weighted by Crippen LogP contribution is 2.18. The van der Waals surface area contributed by atoms with Gasteiger partial charge in [0.1, 0.15) is 23.5 Å². The van der Waals surface area contributed by atoms with Gasteiger partial charge in [-0.05, 0) is 24.9 Å². The predicted octanol–water partition coefficient (Wildman–Crippen LogP) is 1.02. The van der Waals surface area contributed by atoms with Gasteiger partial charge in [0.15, 0.2) is 0 Å². The Morgan fingerprint density at radius 2 is 2.10 bits per heavy atom. The van der Waals surface area contributed by atoms with Crippen molar-refractivity contribution in [2.24, 2.45) is 0 Å². The summed E-state index contributed by atoms with van der Waals surface area (Å²) < 4.78 is 4.53. The molecule has 1 N–H and O–H groups in total. The molecule has 0 radical (unpaired) electrons.